The molecule has 1 aliphatic heterocycles. The molecule has 1 aliphatic carbocycles. The lowest BCUT2D eigenvalue weighted by atomic mass is 9.94. The topological polar surface area (TPSA) is 34.0 Å². The molecule has 0 N–H and O–H groups in total. The van der Waals surface area contributed by atoms with Crippen molar-refractivity contribution in [2.24, 2.45) is 13.0 Å². The number of rotatable bonds is 10. The van der Waals surface area contributed by atoms with Crippen LogP contribution in [0, 0.1) is 5.92 Å². The van der Waals surface area contributed by atoms with E-state index in [-0.39, 0.29) is 5.41 Å². The summed E-state index contributed by atoms with van der Waals surface area (Å²) in [5, 5.41) is 8.71. The van der Waals surface area contributed by atoms with Crippen molar-refractivity contribution in [2.75, 3.05) is 19.6 Å². The van der Waals surface area contributed by atoms with Crippen molar-refractivity contribution >= 4 is 5.57 Å². The molecular formula is C27H33F3N4. The highest BCUT2D eigenvalue weighted by molar-refractivity contribution is 5.70. The van der Waals surface area contributed by atoms with Crippen molar-refractivity contribution in [3.05, 3.63) is 77.9 Å². The molecule has 1 unspecified atom stereocenters. The summed E-state index contributed by atoms with van der Waals surface area (Å²) in [6.45, 7) is 8.90. The van der Waals surface area contributed by atoms with Crippen molar-refractivity contribution in [3.63, 3.8) is 0 Å². The molecule has 4 nitrogen and oxygen atoms in total. The van der Waals surface area contributed by atoms with Crippen LogP contribution in [0.25, 0.3) is 5.57 Å². The number of unbranched alkanes of at least 4 members (excludes halogenated alkanes) is 2. The molecule has 2 aliphatic rings. The standard InChI is InChI=1S/C27H33F3N4/c1-4-6-10-20(5-2)25-32-31-24(33(25)3)11-8-7-9-16-34-18-23-17-26(23,19-34)21-12-14-22(15-13-21)27(28,29)30/h4-6,10,12-15,23H,2,7-9,11,16-19H2,1,3H3/b6-4-,20-10+/t23?,26-/m1/s1. The Labute approximate surface area is 199 Å². The van der Waals surface area contributed by atoms with Crippen LogP contribution in [0.3, 0.4) is 0 Å². The van der Waals surface area contributed by atoms with Crippen molar-refractivity contribution in [1.82, 2.24) is 19.7 Å². The van der Waals surface area contributed by atoms with E-state index in [1.807, 2.05) is 36.8 Å². The highest BCUT2D eigenvalue weighted by atomic mass is 19.4. The Morgan fingerprint density at radius 2 is 1.94 bits per heavy atom. The van der Waals surface area contributed by atoms with Crippen LogP contribution in [0.5, 0.6) is 0 Å². The van der Waals surface area contributed by atoms with Gasteiger partial charge in [0.25, 0.3) is 0 Å². The molecule has 0 bridgehead atoms. The number of fused-ring (bicyclic) bond motifs is 1. The summed E-state index contributed by atoms with van der Waals surface area (Å²) >= 11 is 0. The Kier molecular flexibility index (Phi) is 7.12. The second-order valence-corrected chi connectivity index (χ2v) is 9.53. The minimum atomic E-state index is -4.27. The molecular weight excluding hydrogens is 437 g/mol. The van der Waals surface area contributed by atoms with E-state index in [9.17, 15) is 13.2 Å². The van der Waals surface area contributed by atoms with Gasteiger partial charge in [0.2, 0.25) is 0 Å². The van der Waals surface area contributed by atoms with E-state index >= 15 is 0 Å². The predicted octanol–water partition coefficient (Wildman–Crippen LogP) is 5.97. The summed E-state index contributed by atoms with van der Waals surface area (Å²) in [6.07, 6.45) is 8.70. The minimum Gasteiger partial charge on any atom is -0.314 e. The Morgan fingerprint density at radius 1 is 1.18 bits per heavy atom. The van der Waals surface area contributed by atoms with Crippen LogP contribution >= 0.6 is 0 Å². The first-order valence-electron chi connectivity index (χ1n) is 12.0. The maximum absolute atomic E-state index is 12.9. The molecule has 1 aromatic heterocycles. The summed E-state index contributed by atoms with van der Waals surface area (Å²) < 4.78 is 40.6. The summed E-state index contributed by atoms with van der Waals surface area (Å²) in [5.41, 5.74) is 1.52. The molecule has 2 heterocycles. The van der Waals surface area contributed by atoms with Gasteiger partial charge >= 0.3 is 6.18 Å². The molecule has 1 saturated heterocycles. The van der Waals surface area contributed by atoms with E-state index in [1.165, 1.54) is 12.1 Å². The monoisotopic (exact) mass is 470 g/mol. The van der Waals surface area contributed by atoms with E-state index in [0.717, 1.165) is 74.5 Å². The molecule has 34 heavy (non-hydrogen) atoms. The maximum Gasteiger partial charge on any atom is 0.416 e. The second-order valence-electron chi connectivity index (χ2n) is 9.53. The zero-order valence-corrected chi connectivity index (χ0v) is 20.0. The second kappa shape index (κ2) is 9.90. The Hall–Kier alpha value is -2.67. The smallest absolute Gasteiger partial charge is 0.314 e. The van der Waals surface area contributed by atoms with Crippen molar-refractivity contribution in [1.29, 1.82) is 0 Å². The number of allylic oxidation sites excluding steroid dienone is 5. The first-order valence-corrected chi connectivity index (χ1v) is 12.0. The van der Waals surface area contributed by atoms with Crippen LogP contribution in [0.4, 0.5) is 13.2 Å². The van der Waals surface area contributed by atoms with Gasteiger partial charge < -0.3 is 9.47 Å². The normalized spacial score (nSPS) is 23.0. The molecule has 182 valence electrons. The van der Waals surface area contributed by atoms with Gasteiger partial charge in [-0.25, -0.2) is 0 Å². The molecule has 0 amide bonds. The number of aryl methyl sites for hydroxylation is 1. The van der Waals surface area contributed by atoms with Gasteiger partial charge in [-0.15, -0.1) is 10.2 Å². The van der Waals surface area contributed by atoms with Gasteiger partial charge in [-0.1, -0.05) is 49.4 Å². The molecule has 2 aromatic rings. The van der Waals surface area contributed by atoms with Crippen LogP contribution < -0.4 is 0 Å². The quantitative estimate of drug-likeness (QED) is 0.317. The molecule has 4 rings (SSSR count). The maximum atomic E-state index is 12.9. The van der Waals surface area contributed by atoms with Gasteiger partial charge in [0.15, 0.2) is 5.82 Å². The number of benzene rings is 1. The third kappa shape index (κ3) is 5.04. The lowest BCUT2D eigenvalue weighted by molar-refractivity contribution is -0.137. The van der Waals surface area contributed by atoms with Gasteiger partial charge in [0.1, 0.15) is 5.82 Å². The molecule has 1 aromatic carbocycles. The minimum absolute atomic E-state index is 0.0719. The fourth-order valence-corrected chi connectivity index (χ4v) is 5.25. The first kappa shape index (κ1) is 24.5. The molecule has 7 heteroatoms. The van der Waals surface area contributed by atoms with Crippen LogP contribution in [0.2, 0.25) is 0 Å². The Balaban J connectivity index is 1.22. The van der Waals surface area contributed by atoms with Gasteiger partial charge in [0, 0.05) is 37.5 Å². The van der Waals surface area contributed by atoms with Gasteiger partial charge in [0.05, 0.1) is 5.56 Å². The van der Waals surface area contributed by atoms with Gasteiger partial charge in [-0.05, 0) is 56.3 Å². The average Bonchev–Trinajstić information content (AvgIpc) is 3.20. The number of piperidine rings is 1. The van der Waals surface area contributed by atoms with Crippen LogP contribution in [-0.4, -0.2) is 39.3 Å². The van der Waals surface area contributed by atoms with E-state index in [4.69, 9.17) is 0 Å². The third-order valence-corrected chi connectivity index (χ3v) is 7.29. The number of halogens is 3. The molecule has 2 atom stereocenters. The summed E-state index contributed by atoms with van der Waals surface area (Å²) in [6, 6.07) is 5.84. The third-order valence-electron chi connectivity index (χ3n) is 7.29. The lowest BCUT2D eigenvalue weighted by Gasteiger charge is -2.21. The SMILES string of the molecule is C=C/C(=C\C=C/C)c1nnc(CCCCCN2CC3C[C@]3(c3ccc(C(F)(F)F)cc3)C2)n1C. The first-order chi connectivity index (χ1) is 16.3. The van der Waals surface area contributed by atoms with E-state index in [2.05, 4.69) is 21.7 Å². The summed E-state index contributed by atoms with van der Waals surface area (Å²) in [7, 11) is 1.99. The lowest BCUT2D eigenvalue weighted by Crippen LogP contribution is -2.27. The van der Waals surface area contributed by atoms with Crippen molar-refractivity contribution in [3.8, 4) is 0 Å². The fraction of sp³-hybridized carbons (Fsp3) is 0.481. The van der Waals surface area contributed by atoms with Crippen LogP contribution in [0.15, 0.2) is 55.1 Å². The molecule has 2 fully saturated rings. The van der Waals surface area contributed by atoms with Crippen molar-refractivity contribution < 1.29 is 13.2 Å². The average molecular weight is 471 g/mol. The van der Waals surface area contributed by atoms with Crippen LogP contribution in [0.1, 0.15) is 55.4 Å². The zero-order chi connectivity index (χ0) is 24.3. The highest BCUT2D eigenvalue weighted by Gasteiger charge is 2.60. The Bertz CT molecular complexity index is 1060. The highest BCUT2D eigenvalue weighted by Crippen LogP contribution is 2.59. The summed E-state index contributed by atoms with van der Waals surface area (Å²) in [5.74, 6) is 2.39. The number of hydrogen-bond donors (Lipinski definition) is 0. The van der Waals surface area contributed by atoms with E-state index < -0.39 is 11.7 Å². The fourth-order valence-electron chi connectivity index (χ4n) is 5.25. The largest absolute Gasteiger partial charge is 0.416 e. The Morgan fingerprint density at radius 3 is 2.62 bits per heavy atom. The molecule has 0 radical (unpaired) electrons. The summed E-state index contributed by atoms with van der Waals surface area (Å²) in [4.78, 5) is 2.48. The molecule has 0 spiro atoms. The van der Waals surface area contributed by atoms with Crippen LogP contribution in [-0.2, 0) is 25.1 Å². The number of nitrogens with zero attached hydrogens (tertiary/aromatic N) is 4. The predicted molar refractivity (Wildman–Crippen MR) is 129 cm³/mol. The number of aromatic nitrogens is 3. The number of likely N-dealkylation sites (tertiary alicyclic amines) is 1. The zero-order valence-electron chi connectivity index (χ0n) is 20.0. The van der Waals surface area contributed by atoms with Gasteiger partial charge in [-0.3, -0.25) is 0 Å². The molecule has 1 saturated carbocycles. The van der Waals surface area contributed by atoms with E-state index in [0.29, 0.717) is 5.92 Å². The van der Waals surface area contributed by atoms with E-state index in [1.54, 1.807) is 18.2 Å². The van der Waals surface area contributed by atoms with Crippen molar-refractivity contribution in [2.45, 2.75) is 50.6 Å². The number of alkyl halides is 3. The number of hydrogen-bond acceptors (Lipinski definition) is 3. The van der Waals surface area contributed by atoms with Gasteiger partial charge in [-0.2, -0.15) is 13.2 Å².